The monoisotopic (exact) mass is 542 g/mol. The van der Waals surface area contributed by atoms with E-state index < -0.39 is 0 Å². The molecule has 2 aliphatic rings. The van der Waals surface area contributed by atoms with Gasteiger partial charge in [-0.15, -0.1) is 0 Å². The van der Waals surface area contributed by atoms with Gasteiger partial charge in [0.1, 0.15) is 17.3 Å². The fourth-order valence-corrected chi connectivity index (χ4v) is 6.38. The predicted molar refractivity (Wildman–Crippen MR) is 169 cm³/mol. The van der Waals surface area contributed by atoms with Gasteiger partial charge in [0.2, 0.25) is 0 Å². The zero-order valence-corrected chi connectivity index (χ0v) is 24.3. The molecule has 0 bridgehead atoms. The Morgan fingerprint density at radius 3 is 2.41 bits per heavy atom. The maximum atomic E-state index is 6.50. The van der Waals surface area contributed by atoms with Crippen molar-refractivity contribution >= 4 is 27.5 Å². The number of rotatable bonds is 5. The van der Waals surface area contributed by atoms with Gasteiger partial charge in [0.25, 0.3) is 0 Å². The van der Waals surface area contributed by atoms with Crippen LogP contribution < -0.4 is 9.64 Å². The SMILES string of the molecule is CC(C)(C)c1ccnc(-n2c3ccccc3c3ccc(Oc4cccc(N5C=CN(C6CCCCC6)C5)c4)cc32)c1. The molecule has 0 N–H and O–H groups in total. The number of hydrogen-bond donors (Lipinski definition) is 0. The summed E-state index contributed by atoms with van der Waals surface area (Å²) in [6.07, 6.45) is 13.1. The number of hydrogen-bond acceptors (Lipinski definition) is 4. The van der Waals surface area contributed by atoms with E-state index in [9.17, 15) is 0 Å². The van der Waals surface area contributed by atoms with Gasteiger partial charge in [0.05, 0.1) is 17.7 Å². The molecule has 3 heterocycles. The van der Waals surface area contributed by atoms with Gasteiger partial charge in [0.15, 0.2) is 0 Å². The molecule has 5 aromatic rings. The second-order valence-corrected chi connectivity index (χ2v) is 12.5. The molecule has 1 aliphatic carbocycles. The van der Waals surface area contributed by atoms with Gasteiger partial charge in [-0.1, -0.05) is 64.3 Å². The molecule has 0 radical (unpaired) electrons. The van der Waals surface area contributed by atoms with E-state index in [0.29, 0.717) is 6.04 Å². The average Bonchev–Trinajstić information content (AvgIpc) is 3.61. The zero-order valence-electron chi connectivity index (χ0n) is 24.3. The lowest BCUT2D eigenvalue weighted by Crippen LogP contribution is -2.35. The molecule has 3 aromatic carbocycles. The minimum atomic E-state index is 0.0354. The van der Waals surface area contributed by atoms with E-state index in [-0.39, 0.29) is 5.41 Å². The number of fused-ring (bicyclic) bond motifs is 3. The summed E-state index contributed by atoms with van der Waals surface area (Å²) in [6.45, 7) is 7.62. The summed E-state index contributed by atoms with van der Waals surface area (Å²) in [5, 5.41) is 2.40. The van der Waals surface area contributed by atoms with Crippen LogP contribution in [0, 0.1) is 0 Å². The molecule has 0 saturated heterocycles. The van der Waals surface area contributed by atoms with Gasteiger partial charge in [-0.25, -0.2) is 4.98 Å². The Labute approximate surface area is 242 Å². The second-order valence-electron chi connectivity index (χ2n) is 12.5. The molecule has 5 heteroatoms. The fraction of sp³-hybridized carbons (Fsp3) is 0.306. The smallest absolute Gasteiger partial charge is 0.137 e. The van der Waals surface area contributed by atoms with E-state index in [4.69, 9.17) is 9.72 Å². The summed E-state index contributed by atoms with van der Waals surface area (Å²) in [5.41, 5.74) is 4.67. The van der Waals surface area contributed by atoms with Gasteiger partial charge in [-0.05, 0) is 66.3 Å². The van der Waals surface area contributed by atoms with Crippen LogP contribution in [0.3, 0.4) is 0 Å². The first-order chi connectivity index (χ1) is 19.9. The molecule has 41 heavy (non-hydrogen) atoms. The van der Waals surface area contributed by atoms with Crippen LogP contribution in [-0.2, 0) is 5.41 Å². The Balaban J connectivity index is 1.21. The molecule has 0 unspecified atom stereocenters. The Morgan fingerprint density at radius 1 is 0.756 bits per heavy atom. The lowest BCUT2D eigenvalue weighted by Gasteiger charge is -2.32. The summed E-state index contributed by atoms with van der Waals surface area (Å²) in [5.74, 6) is 2.57. The zero-order chi connectivity index (χ0) is 28.0. The topological polar surface area (TPSA) is 33.5 Å². The first-order valence-corrected chi connectivity index (χ1v) is 14.9. The van der Waals surface area contributed by atoms with Crippen molar-refractivity contribution < 1.29 is 4.74 Å². The van der Waals surface area contributed by atoms with Gasteiger partial charge < -0.3 is 14.5 Å². The summed E-state index contributed by atoms with van der Waals surface area (Å²) in [7, 11) is 0. The number of aromatic nitrogens is 2. The fourth-order valence-electron chi connectivity index (χ4n) is 6.38. The second kappa shape index (κ2) is 10.3. The number of pyridine rings is 1. The molecular formula is C36H38N4O. The van der Waals surface area contributed by atoms with E-state index in [1.807, 2.05) is 12.3 Å². The highest BCUT2D eigenvalue weighted by atomic mass is 16.5. The van der Waals surface area contributed by atoms with E-state index in [0.717, 1.165) is 40.7 Å². The van der Waals surface area contributed by atoms with E-state index in [1.54, 1.807) is 0 Å². The van der Waals surface area contributed by atoms with Crippen LogP contribution in [-0.4, -0.2) is 27.2 Å². The van der Waals surface area contributed by atoms with Gasteiger partial charge in [0, 0.05) is 53.2 Å². The first kappa shape index (κ1) is 25.7. The lowest BCUT2D eigenvalue weighted by atomic mass is 9.88. The largest absolute Gasteiger partial charge is 0.457 e. The number of ether oxygens (including phenoxy) is 1. The minimum Gasteiger partial charge on any atom is -0.457 e. The van der Waals surface area contributed by atoms with Crippen molar-refractivity contribution in [2.75, 3.05) is 11.6 Å². The maximum absolute atomic E-state index is 6.50. The first-order valence-electron chi connectivity index (χ1n) is 14.9. The van der Waals surface area contributed by atoms with Gasteiger partial charge in [-0.3, -0.25) is 4.57 Å². The predicted octanol–water partition coefficient (Wildman–Crippen LogP) is 9.15. The molecular weight excluding hydrogens is 504 g/mol. The average molecular weight is 543 g/mol. The van der Waals surface area contributed by atoms with E-state index in [2.05, 4.69) is 120 Å². The van der Waals surface area contributed by atoms with Crippen LogP contribution in [0.4, 0.5) is 5.69 Å². The van der Waals surface area contributed by atoms with Crippen LogP contribution in [0.15, 0.2) is 97.5 Å². The molecule has 1 fully saturated rings. The summed E-state index contributed by atoms with van der Waals surface area (Å²) in [4.78, 5) is 9.63. The Bertz CT molecular complexity index is 1740. The third kappa shape index (κ3) is 4.94. The highest BCUT2D eigenvalue weighted by molar-refractivity contribution is 6.09. The van der Waals surface area contributed by atoms with Crippen LogP contribution in [0.1, 0.15) is 58.4 Å². The molecule has 5 nitrogen and oxygen atoms in total. The summed E-state index contributed by atoms with van der Waals surface area (Å²) < 4.78 is 8.76. The Hall–Kier alpha value is -4.25. The lowest BCUT2D eigenvalue weighted by molar-refractivity contribution is 0.232. The molecule has 0 amide bonds. The quantitative estimate of drug-likeness (QED) is 0.222. The number of para-hydroxylation sites is 1. The maximum Gasteiger partial charge on any atom is 0.137 e. The van der Waals surface area contributed by atoms with Gasteiger partial charge in [-0.2, -0.15) is 0 Å². The molecule has 1 saturated carbocycles. The van der Waals surface area contributed by atoms with Crippen molar-refractivity contribution in [3.8, 4) is 17.3 Å². The van der Waals surface area contributed by atoms with Gasteiger partial charge >= 0.3 is 0 Å². The highest BCUT2D eigenvalue weighted by Crippen LogP contribution is 2.36. The molecule has 1 aliphatic heterocycles. The van der Waals surface area contributed by atoms with E-state index >= 15 is 0 Å². The molecule has 208 valence electrons. The Kier molecular flexibility index (Phi) is 6.45. The van der Waals surface area contributed by atoms with Crippen molar-refractivity contribution in [2.45, 2.75) is 64.3 Å². The van der Waals surface area contributed by atoms with Crippen molar-refractivity contribution in [1.29, 1.82) is 0 Å². The summed E-state index contributed by atoms with van der Waals surface area (Å²) >= 11 is 0. The third-order valence-electron chi connectivity index (χ3n) is 8.67. The normalized spacial score (nSPS) is 16.3. The van der Waals surface area contributed by atoms with Crippen molar-refractivity contribution in [3.05, 3.63) is 103 Å². The van der Waals surface area contributed by atoms with E-state index in [1.165, 1.54) is 48.4 Å². The van der Waals surface area contributed by atoms with Crippen LogP contribution >= 0.6 is 0 Å². The standard InChI is InChI=1S/C36H38N4O/c1-36(2,3)26-18-19-37-35(22-26)40-33-15-8-7-14-31(33)32-17-16-30(24-34(32)40)41-29-13-9-12-28(23-29)39-21-20-38(25-39)27-10-5-4-6-11-27/h7-9,12-24,27H,4-6,10-11,25H2,1-3H3. The van der Waals surface area contributed by atoms with Crippen LogP contribution in [0.5, 0.6) is 11.5 Å². The molecule has 0 atom stereocenters. The number of nitrogens with zero attached hydrogens (tertiary/aromatic N) is 4. The Morgan fingerprint density at radius 2 is 1.56 bits per heavy atom. The summed E-state index contributed by atoms with van der Waals surface area (Å²) in [6, 6.07) is 28.4. The van der Waals surface area contributed by atoms with Crippen LogP contribution in [0.2, 0.25) is 0 Å². The molecule has 7 rings (SSSR count). The number of anilines is 1. The molecule has 2 aromatic heterocycles. The van der Waals surface area contributed by atoms with Crippen molar-refractivity contribution in [1.82, 2.24) is 14.5 Å². The third-order valence-corrected chi connectivity index (χ3v) is 8.67. The van der Waals surface area contributed by atoms with Crippen molar-refractivity contribution in [3.63, 3.8) is 0 Å². The molecule has 0 spiro atoms. The van der Waals surface area contributed by atoms with Crippen molar-refractivity contribution in [2.24, 2.45) is 0 Å². The minimum absolute atomic E-state index is 0.0354. The highest BCUT2D eigenvalue weighted by Gasteiger charge is 2.24. The van der Waals surface area contributed by atoms with Crippen LogP contribution in [0.25, 0.3) is 27.6 Å². The number of benzene rings is 3.